The van der Waals surface area contributed by atoms with Crippen LogP contribution in [0.4, 0.5) is 0 Å². The van der Waals surface area contributed by atoms with Gasteiger partial charge in [0.2, 0.25) is 0 Å². The fourth-order valence-electron chi connectivity index (χ4n) is 1.21. The number of nitrogens with zero attached hydrogens (tertiary/aromatic N) is 1. The molecule has 1 aromatic rings. The van der Waals surface area contributed by atoms with Crippen molar-refractivity contribution in [2.75, 3.05) is 5.75 Å². The van der Waals surface area contributed by atoms with E-state index in [9.17, 15) is 13.2 Å². The van der Waals surface area contributed by atoms with Crippen molar-refractivity contribution in [3.8, 4) is 0 Å². The van der Waals surface area contributed by atoms with Gasteiger partial charge in [-0.2, -0.15) is 0 Å². The maximum absolute atomic E-state index is 11.7. The molecule has 0 radical (unpaired) electrons. The zero-order chi connectivity index (χ0) is 12.3. The lowest BCUT2D eigenvalue weighted by Gasteiger charge is -2.05. The van der Waals surface area contributed by atoms with E-state index in [0.29, 0.717) is 0 Å². The van der Waals surface area contributed by atoms with Gasteiger partial charge in [0.1, 0.15) is 0 Å². The molecular weight excluding hydrogens is 230 g/mol. The number of carbonyl (C=O) groups is 1. The lowest BCUT2D eigenvalue weighted by Crippen LogP contribution is -2.13. The van der Waals surface area contributed by atoms with E-state index in [1.54, 1.807) is 13.8 Å². The van der Waals surface area contributed by atoms with Gasteiger partial charge in [-0.15, -0.1) is 0 Å². The second-order valence-electron chi connectivity index (χ2n) is 3.87. The Labute approximate surface area is 94.1 Å². The molecule has 0 amide bonds. The van der Waals surface area contributed by atoms with Gasteiger partial charge in [-0.25, -0.2) is 18.2 Å². The lowest BCUT2D eigenvalue weighted by molar-refractivity contribution is 0.0696. The first-order chi connectivity index (χ1) is 7.33. The quantitative estimate of drug-likeness (QED) is 0.859. The molecule has 1 aromatic heterocycles. The molecule has 1 rings (SSSR count). The van der Waals surface area contributed by atoms with Crippen LogP contribution in [0.2, 0.25) is 0 Å². The second kappa shape index (κ2) is 4.61. The average molecular weight is 243 g/mol. The smallest absolute Gasteiger partial charge is 0.337 e. The number of hydrogen-bond donors (Lipinski definition) is 1. The van der Waals surface area contributed by atoms with E-state index in [1.165, 1.54) is 12.1 Å². The van der Waals surface area contributed by atoms with Crippen LogP contribution in [-0.4, -0.2) is 30.2 Å². The van der Waals surface area contributed by atoms with Crippen LogP contribution in [-0.2, 0) is 9.84 Å². The minimum absolute atomic E-state index is 0.00551. The molecule has 0 saturated heterocycles. The molecule has 0 aliphatic rings. The van der Waals surface area contributed by atoms with Crippen molar-refractivity contribution in [1.82, 2.24) is 4.98 Å². The summed E-state index contributed by atoms with van der Waals surface area (Å²) in [5.41, 5.74) is -0.0245. The van der Waals surface area contributed by atoms with E-state index in [2.05, 4.69) is 4.98 Å². The van der Waals surface area contributed by atoms with Crippen LogP contribution >= 0.6 is 0 Å². The molecule has 0 spiro atoms. The van der Waals surface area contributed by atoms with Gasteiger partial charge in [0.05, 0.1) is 11.3 Å². The Balaban J connectivity index is 3.02. The van der Waals surface area contributed by atoms with E-state index in [4.69, 9.17) is 5.11 Å². The van der Waals surface area contributed by atoms with Gasteiger partial charge in [0.15, 0.2) is 14.9 Å². The maximum Gasteiger partial charge on any atom is 0.337 e. The van der Waals surface area contributed by atoms with E-state index in [0.717, 1.165) is 6.20 Å². The highest BCUT2D eigenvalue weighted by atomic mass is 32.2. The van der Waals surface area contributed by atoms with Gasteiger partial charge >= 0.3 is 5.97 Å². The van der Waals surface area contributed by atoms with Crippen molar-refractivity contribution >= 4 is 15.8 Å². The SMILES string of the molecule is CC(C)CS(=O)(=O)c1ccc(C(=O)O)cn1. The Morgan fingerprint density at radius 1 is 1.44 bits per heavy atom. The Morgan fingerprint density at radius 3 is 2.44 bits per heavy atom. The van der Waals surface area contributed by atoms with Crippen molar-refractivity contribution in [3.63, 3.8) is 0 Å². The topological polar surface area (TPSA) is 84.3 Å². The molecule has 0 fully saturated rings. The number of aromatic nitrogens is 1. The van der Waals surface area contributed by atoms with E-state index in [1.807, 2.05) is 0 Å². The van der Waals surface area contributed by atoms with Crippen LogP contribution in [0, 0.1) is 5.92 Å². The van der Waals surface area contributed by atoms with Crippen LogP contribution in [0.1, 0.15) is 24.2 Å². The molecule has 5 nitrogen and oxygen atoms in total. The van der Waals surface area contributed by atoms with E-state index < -0.39 is 15.8 Å². The summed E-state index contributed by atoms with van der Waals surface area (Å²) in [6, 6.07) is 2.46. The number of hydrogen-bond acceptors (Lipinski definition) is 4. The summed E-state index contributed by atoms with van der Waals surface area (Å²) in [7, 11) is -3.41. The third kappa shape index (κ3) is 3.03. The van der Waals surface area contributed by atoms with Crippen LogP contribution in [0.5, 0.6) is 0 Å². The molecule has 0 aromatic carbocycles. The number of carboxylic acid groups (broad SMARTS) is 1. The summed E-state index contributed by atoms with van der Waals surface area (Å²) in [6.07, 6.45) is 1.05. The third-order valence-corrected chi connectivity index (χ3v) is 3.84. The highest BCUT2D eigenvalue weighted by molar-refractivity contribution is 7.91. The molecule has 0 saturated carbocycles. The number of rotatable bonds is 4. The Morgan fingerprint density at radius 2 is 2.06 bits per heavy atom. The predicted octanol–water partition coefficient (Wildman–Crippen LogP) is 1.21. The van der Waals surface area contributed by atoms with E-state index in [-0.39, 0.29) is 22.3 Å². The van der Waals surface area contributed by atoms with Crippen molar-refractivity contribution in [3.05, 3.63) is 23.9 Å². The summed E-state index contributed by atoms with van der Waals surface area (Å²) >= 11 is 0. The number of aromatic carboxylic acids is 1. The molecule has 0 bridgehead atoms. The summed E-state index contributed by atoms with van der Waals surface area (Å²) in [5.74, 6) is -1.11. The highest BCUT2D eigenvalue weighted by Crippen LogP contribution is 2.12. The summed E-state index contributed by atoms with van der Waals surface area (Å²) in [5, 5.41) is 8.56. The molecule has 6 heteroatoms. The van der Waals surface area contributed by atoms with Crippen LogP contribution in [0.15, 0.2) is 23.4 Å². The summed E-state index contributed by atoms with van der Waals surface area (Å²) in [6.45, 7) is 3.59. The summed E-state index contributed by atoms with van der Waals surface area (Å²) < 4.78 is 23.4. The first-order valence-corrected chi connectivity index (χ1v) is 6.40. The van der Waals surface area contributed by atoms with Gasteiger partial charge in [-0.1, -0.05) is 13.8 Å². The monoisotopic (exact) mass is 243 g/mol. The number of carboxylic acids is 1. The van der Waals surface area contributed by atoms with Gasteiger partial charge in [0.25, 0.3) is 0 Å². The molecule has 1 heterocycles. The van der Waals surface area contributed by atoms with Crippen LogP contribution in [0.3, 0.4) is 0 Å². The van der Waals surface area contributed by atoms with Gasteiger partial charge in [-0.3, -0.25) is 0 Å². The standard InChI is InChI=1S/C10H13NO4S/c1-7(2)6-16(14,15)9-4-3-8(5-11-9)10(12)13/h3-5,7H,6H2,1-2H3,(H,12,13). The molecule has 16 heavy (non-hydrogen) atoms. The molecular formula is C10H13NO4S. The van der Waals surface area contributed by atoms with Crippen molar-refractivity contribution in [2.45, 2.75) is 18.9 Å². The van der Waals surface area contributed by atoms with Gasteiger partial charge in [0, 0.05) is 6.20 Å². The molecule has 0 aliphatic carbocycles. The van der Waals surface area contributed by atoms with Crippen molar-refractivity contribution in [1.29, 1.82) is 0 Å². The summed E-state index contributed by atoms with van der Waals surface area (Å²) in [4.78, 5) is 14.2. The normalized spacial score (nSPS) is 11.7. The number of pyridine rings is 1. The fourth-order valence-corrected chi connectivity index (χ4v) is 2.75. The van der Waals surface area contributed by atoms with Crippen molar-refractivity contribution in [2.24, 2.45) is 5.92 Å². The van der Waals surface area contributed by atoms with Crippen molar-refractivity contribution < 1.29 is 18.3 Å². The molecule has 0 aliphatic heterocycles. The van der Waals surface area contributed by atoms with Crippen LogP contribution < -0.4 is 0 Å². The molecule has 88 valence electrons. The van der Waals surface area contributed by atoms with Gasteiger partial charge < -0.3 is 5.11 Å². The first kappa shape index (κ1) is 12.6. The maximum atomic E-state index is 11.7. The minimum atomic E-state index is -3.41. The zero-order valence-corrected chi connectivity index (χ0v) is 9.86. The lowest BCUT2D eigenvalue weighted by atomic mass is 10.3. The second-order valence-corrected chi connectivity index (χ2v) is 5.85. The average Bonchev–Trinajstić information content (AvgIpc) is 2.16. The Bertz CT molecular complexity index is 476. The first-order valence-electron chi connectivity index (χ1n) is 4.75. The highest BCUT2D eigenvalue weighted by Gasteiger charge is 2.18. The Hall–Kier alpha value is -1.43. The third-order valence-electron chi connectivity index (χ3n) is 1.85. The Kier molecular flexibility index (Phi) is 3.64. The molecule has 0 unspecified atom stereocenters. The number of sulfone groups is 1. The zero-order valence-electron chi connectivity index (χ0n) is 9.04. The molecule has 0 atom stereocenters. The van der Waals surface area contributed by atoms with E-state index >= 15 is 0 Å². The van der Waals surface area contributed by atoms with Crippen LogP contribution in [0.25, 0.3) is 0 Å². The minimum Gasteiger partial charge on any atom is -0.478 e. The largest absolute Gasteiger partial charge is 0.478 e. The predicted molar refractivity (Wildman–Crippen MR) is 58.1 cm³/mol. The van der Waals surface area contributed by atoms with Gasteiger partial charge in [-0.05, 0) is 18.1 Å². The molecule has 1 N–H and O–H groups in total. The fraction of sp³-hybridized carbons (Fsp3) is 0.400.